The van der Waals surface area contributed by atoms with E-state index in [2.05, 4.69) is 15.1 Å². The molecule has 0 bridgehead atoms. The number of ether oxygens (including phenoxy) is 1. The van der Waals surface area contributed by atoms with Crippen molar-refractivity contribution in [3.63, 3.8) is 0 Å². The van der Waals surface area contributed by atoms with Crippen molar-refractivity contribution in [3.8, 4) is 11.3 Å². The van der Waals surface area contributed by atoms with E-state index in [1.54, 1.807) is 12.3 Å². The number of benzene rings is 2. The van der Waals surface area contributed by atoms with Gasteiger partial charge in [-0.05, 0) is 24.6 Å². The van der Waals surface area contributed by atoms with Crippen molar-refractivity contribution in [3.05, 3.63) is 83.9 Å². The van der Waals surface area contributed by atoms with Gasteiger partial charge in [-0.3, -0.25) is 4.79 Å². The smallest absolute Gasteiger partial charge is 0.378 e. The molecule has 0 radical (unpaired) electrons. The monoisotopic (exact) mass is 425 g/mol. The van der Waals surface area contributed by atoms with Crippen molar-refractivity contribution in [2.45, 2.75) is 6.92 Å². The number of nitrogens with zero attached hydrogens (tertiary/aromatic N) is 5. The molecule has 0 unspecified atom stereocenters. The number of hydrogen-bond acceptors (Lipinski definition) is 6. The zero-order chi connectivity index (χ0) is 22.2. The second-order valence-corrected chi connectivity index (χ2v) is 7.40. The van der Waals surface area contributed by atoms with E-state index in [0.717, 1.165) is 27.9 Å². The third-order valence-electron chi connectivity index (χ3n) is 5.38. The van der Waals surface area contributed by atoms with E-state index in [4.69, 9.17) is 4.74 Å². The first-order chi connectivity index (χ1) is 15.5. The van der Waals surface area contributed by atoms with Gasteiger partial charge in [0.15, 0.2) is 6.61 Å². The quantitative estimate of drug-likeness (QED) is 0.315. The fourth-order valence-corrected chi connectivity index (χ4v) is 3.87. The van der Waals surface area contributed by atoms with Crippen LogP contribution >= 0.6 is 0 Å². The molecular weight excluding hydrogens is 406 g/mol. The Morgan fingerprint density at radius 3 is 2.53 bits per heavy atom. The number of aryl methyl sites for hydroxylation is 2. The van der Waals surface area contributed by atoms with Gasteiger partial charge < -0.3 is 9.30 Å². The molecule has 8 heteroatoms. The largest absolute Gasteiger partial charge is 0.451 e. The zero-order valence-electron chi connectivity index (χ0n) is 17.5. The number of fused-ring (bicyclic) bond motifs is 2. The number of rotatable bonds is 5. The van der Waals surface area contributed by atoms with Crippen LogP contribution in [0, 0.1) is 6.92 Å². The first-order valence-electron chi connectivity index (χ1n) is 10.1. The van der Waals surface area contributed by atoms with Gasteiger partial charge in [0.25, 0.3) is 11.6 Å². The highest BCUT2D eigenvalue weighted by molar-refractivity contribution is 6.14. The van der Waals surface area contributed by atoms with Crippen LogP contribution in [0.1, 0.15) is 26.7 Å². The van der Waals surface area contributed by atoms with Crippen molar-refractivity contribution in [2.24, 2.45) is 7.05 Å². The molecule has 2 aromatic carbocycles. The second-order valence-electron chi connectivity index (χ2n) is 7.40. The summed E-state index contributed by atoms with van der Waals surface area (Å²) in [6.45, 7) is 1.41. The maximum Gasteiger partial charge on any atom is 0.378 e. The summed E-state index contributed by atoms with van der Waals surface area (Å²) in [6, 6.07) is 19.1. The lowest BCUT2D eigenvalue weighted by Crippen LogP contribution is -2.16. The minimum absolute atomic E-state index is 0.138. The van der Waals surface area contributed by atoms with Gasteiger partial charge in [-0.2, -0.15) is 4.98 Å². The van der Waals surface area contributed by atoms with Gasteiger partial charge in [0.2, 0.25) is 5.78 Å². The molecule has 0 spiro atoms. The van der Waals surface area contributed by atoms with Gasteiger partial charge in [-0.25, -0.2) is 14.3 Å². The van der Waals surface area contributed by atoms with Crippen molar-refractivity contribution in [1.82, 2.24) is 24.1 Å². The van der Waals surface area contributed by atoms with E-state index in [9.17, 15) is 9.59 Å². The average molecular weight is 425 g/mol. The molecule has 32 heavy (non-hydrogen) atoms. The van der Waals surface area contributed by atoms with Crippen molar-refractivity contribution in [2.75, 3.05) is 6.61 Å². The number of aromatic nitrogens is 5. The number of carbonyl (C=O) groups excluding carboxylic acids is 2. The number of hydrogen-bond donors (Lipinski definition) is 0. The highest BCUT2D eigenvalue weighted by Crippen LogP contribution is 2.33. The molecule has 0 aliphatic carbocycles. The maximum atomic E-state index is 13.3. The Morgan fingerprint density at radius 2 is 1.75 bits per heavy atom. The molecule has 0 fully saturated rings. The predicted octanol–water partition coefficient (Wildman–Crippen LogP) is 3.63. The van der Waals surface area contributed by atoms with Gasteiger partial charge in [0, 0.05) is 29.8 Å². The molecule has 0 aliphatic heterocycles. The van der Waals surface area contributed by atoms with Gasteiger partial charge in [0.05, 0.1) is 11.3 Å². The van der Waals surface area contributed by atoms with Crippen LogP contribution in [0.25, 0.3) is 27.9 Å². The lowest BCUT2D eigenvalue weighted by atomic mass is 10.0. The highest BCUT2D eigenvalue weighted by atomic mass is 16.5. The van der Waals surface area contributed by atoms with Crippen LogP contribution in [0.2, 0.25) is 0 Å². The molecule has 0 aliphatic rings. The number of esters is 1. The van der Waals surface area contributed by atoms with Crippen LogP contribution in [-0.2, 0) is 11.8 Å². The second kappa shape index (κ2) is 7.73. The van der Waals surface area contributed by atoms with E-state index in [-0.39, 0.29) is 11.6 Å². The van der Waals surface area contributed by atoms with E-state index in [1.165, 1.54) is 4.52 Å². The number of para-hydroxylation sites is 1. The first-order valence-corrected chi connectivity index (χ1v) is 10.1. The highest BCUT2D eigenvalue weighted by Gasteiger charge is 2.24. The third kappa shape index (κ3) is 3.22. The van der Waals surface area contributed by atoms with Gasteiger partial charge >= 0.3 is 5.97 Å². The molecule has 0 amide bonds. The van der Waals surface area contributed by atoms with E-state index in [1.807, 2.05) is 73.1 Å². The summed E-state index contributed by atoms with van der Waals surface area (Å²) in [6.07, 6.45) is 1.59. The normalized spacial score (nSPS) is 11.2. The first kappa shape index (κ1) is 19.6. The predicted molar refractivity (Wildman–Crippen MR) is 118 cm³/mol. The molecule has 8 nitrogen and oxygen atoms in total. The molecule has 0 N–H and O–H groups in total. The van der Waals surface area contributed by atoms with Crippen LogP contribution in [-0.4, -0.2) is 42.5 Å². The summed E-state index contributed by atoms with van der Waals surface area (Å²) >= 11 is 0. The molecular formula is C24H19N5O3. The van der Waals surface area contributed by atoms with Crippen LogP contribution in [0.3, 0.4) is 0 Å². The molecule has 0 saturated heterocycles. The van der Waals surface area contributed by atoms with Crippen LogP contribution in [0.5, 0.6) is 0 Å². The maximum absolute atomic E-state index is 13.3. The summed E-state index contributed by atoms with van der Waals surface area (Å²) in [4.78, 5) is 34.0. The number of Topliss-reactive ketones (excluding diaryl/α,β-unsaturated/α-hetero) is 1. The van der Waals surface area contributed by atoms with Crippen LogP contribution in [0.15, 0.2) is 66.9 Å². The summed E-state index contributed by atoms with van der Waals surface area (Å²) < 4.78 is 8.74. The van der Waals surface area contributed by atoms with E-state index >= 15 is 0 Å². The lowest BCUT2D eigenvalue weighted by molar-refractivity contribution is 0.0463. The Morgan fingerprint density at radius 1 is 1.00 bits per heavy atom. The van der Waals surface area contributed by atoms with E-state index < -0.39 is 12.6 Å². The Labute approximate surface area is 183 Å². The fraction of sp³-hybridized carbons (Fsp3) is 0.125. The van der Waals surface area contributed by atoms with Crippen molar-refractivity contribution < 1.29 is 14.3 Å². The van der Waals surface area contributed by atoms with Crippen molar-refractivity contribution in [1.29, 1.82) is 0 Å². The Kier molecular flexibility index (Phi) is 4.74. The van der Waals surface area contributed by atoms with Gasteiger partial charge in [0.1, 0.15) is 0 Å². The molecule has 5 aromatic rings. The fourth-order valence-electron chi connectivity index (χ4n) is 3.87. The molecule has 158 valence electrons. The minimum Gasteiger partial charge on any atom is -0.451 e. The molecule has 0 atom stereocenters. The average Bonchev–Trinajstić information content (AvgIpc) is 3.38. The summed E-state index contributed by atoms with van der Waals surface area (Å²) in [5.74, 6) is -0.915. The minimum atomic E-state index is -0.773. The standard InChI is InChI=1S/C24H19N5O3/c1-15-12-13-25-24-26-22(27-29(15)24)23(31)32-14-19(30)20-17-10-6-7-11-18(17)28(2)21(20)16-8-4-3-5-9-16/h3-13H,14H2,1-2H3. The molecule has 0 saturated carbocycles. The zero-order valence-corrected chi connectivity index (χ0v) is 17.5. The number of carbonyl (C=O) groups is 2. The third-order valence-corrected chi connectivity index (χ3v) is 5.38. The summed E-state index contributed by atoms with van der Waals surface area (Å²) in [5, 5.41) is 4.94. The van der Waals surface area contributed by atoms with Gasteiger partial charge in [-0.1, -0.05) is 48.5 Å². The molecule has 5 rings (SSSR count). The summed E-state index contributed by atoms with van der Waals surface area (Å²) in [7, 11) is 1.92. The van der Waals surface area contributed by atoms with Gasteiger partial charge in [-0.15, -0.1) is 5.10 Å². The van der Waals surface area contributed by atoms with E-state index in [0.29, 0.717) is 11.3 Å². The topological polar surface area (TPSA) is 91.4 Å². The Balaban J connectivity index is 1.47. The Bertz CT molecular complexity index is 1480. The Hall–Kier alpha value is -4.33. The van der Waals surface area contributed by atoms with Crippen molar-refractivity contribution >= 4 is 28.4 Å². The van der Waals surface area contributed by atoms with Crippen LogP contribution in [0.4, 0.5) is 0 Å². The summed E-state index contributed by atoms with van der Waals surface area (Å²) in [5.41, 5.74) is 3.90. The molecule has 3 aromatic heterocycles. The SMILES string of the molecule is Cc1ccnc2nc(C(=O)OCC(=O)c3c(-c4ccccc4)n(C)c4ccccc34)nn12. The van der Waals surface area contributed by atoms with Crippen LogP contribution < -0.4 is 0 Å². The molecule has 3 heterocycles. The lowest BCUT2D eigenvalue weighted by Gasteiger charge is -2.08. The number of ketones is 1.